The maximum atomic E-state index is 12.6. The van der Waals surface area contributed by atoms with Crippen LogP contribution in [0.3, 0.4) is 0 Å². The molecule has 4 aromatic rings. The fourth-order valence-corrected chi connectivity index (χ4v) is 3.68. The van der Waals surface area contributed by atoms with Crippen molar-refractivity contribution in [3.63, 3.8) is 0 Å². The number of para-hydroxylation sites is 1. The number of benzene rings is 2. The van der Waals surface area contributed by atoms with E-state index in [1.807, 2.05) is 66.9 Å². The van der Waals surface area contributed by atoms with Crippen molar-refractivity contribution >= 4 is 27.7 Å². The van der Waals surface area contributed by atoms with Crippen molar-refractivity contribution < 1.29 is 9.72 Å². The van der Waals surface area contributed by atoms with Gasteiger partial charge in [0.05, 0.1) is 22.2 Å². The molecule has 2 aromatic heterocycles. The number of hydrogen-bond donors (Lipinski definition) is 1. The Hall–Kier alpha value is -3.79. The van der Waals surface area contributed by atoms with Crippen molar-refractivity contribution in [2.75, 3.05) is 0 Å². The van der Waals surface area contributed by atoms with Crippen molar-refractivity contribution in [1.82, 2.24) is 24.9 Å². The van der Waals surface area contributed by atoms with E-state index in [1.54, 1.807) is 11.6 Å². The Kier molecular flexibility index (Phi) is 6.13. The van der Waals surface area contributed by atoms with Crippen LogP contribution in [0.15, 0.2) is 71.3 Å². The first kappa shape index (κ1) is 21.4. The maximum absolute atomic E-state index is 12.6. The van der Waals surface area contributed by atoms with Crippen LogP contribution in [0.5, 0.6) is 0 Å². The Labute approximate surface area is 192 Å². The van der Waals surface area contributed by atoms with Gasteiger partial charge in [-0.1, -0.05) is 48.5 Å². The van der Waals surface area contributed by atoms with Crippen LogP contribution in [0, 0.1) is 17.0 Å². The van der Waals surface area contributed by atoms with Crippen molar-refractivity contribution in [1.29, 1.82) is 0 Å². The van der Waals surface area contributed by atoms with Gasteiger partial charge in [-0.25, -0.2) is 4.68 Å². The lowest BCUT2D eigenvalue weighted by atomic mass is 10.1. The highest BCUT2D eigenvalue weighted by Gasteiger charge is 2.24. The maximum Gasteiger partial charge on any atom is 0.404 e. The highest BCUT2D eigenvalue weighted by molar-refractivity contribution is 9.10. The number of aromatic nitrogens is 4. The molecule has 1 N–H and O–H groups in total. The second-order valence-electron chi connectivity index (χ2n) is 7.06. The molecule has 0 aliphatic rings. The van der Waals surface area contributed by atoms with E-state index < -0.39 is 4.92 Å². The van der Waals surface area contributed by atoms with Crippen LogP contribution < -0.4 is 5.32 Å². The summed E-state index contributed by atoms with van der Waals surface area (Å²) in [5, 5.41) is 22.6. The number of hydrogen-bond acceptors (Lipinski definition) is 5. The first-order valence-corrected chi connectivity index (χ1v) is 10.6. The van der Waals surface area contributed by atoms with Crippen molar-refractivity contribution in [3.8, 4) is 16.9 Å². The predicted octanol–water partition coefficient (Wildman–Crippen LogP) is 4.03. The van der Waals surface area contributed by atoms with Crippen LogP contribution in [0.1, 0.15) is 11.3 Å². The van der Waals surface area contributed by atoms with Crippen LogP contribution in [-0.4, -0.2) is 30.4 Å². The third-order valence-electron chi connectivity index (χ3n) is 4.92. The van der Waals surface area contributed by atoms with Crippen molar-refractivity contribution in [2.45, 2.75) is 20.0 Å². The summed E-state index contributed by atoms with van der Waals surface area (Å²) < 4.78 is 3.36. The molecule has 0 radical (unpaired) electrons. The number of nitrogens with zero attached hydrogens (tertiary/aromatic N) is 5. The lowest BCUT2D eigenvalue weighted by Gasteiger charge is -2.05. The fraction of sp³-hybridized carbons (Fsp3) is 0.136. The highest BCUT2D eigenvalue weighted by atomic mass is 79.9. The molecular weight excluding hydrogens is 476 g/mol. The van der Waals surface area contributed by atoms with Gasteiger partial charge in [0.1, 0.15) is 11.0 Å². The van der Waals surface area contributed by atoms with E-state index in [0.29, 0.717) is 5.69 Å². The summed E-state index contributed by atoms with van der Waals surface area (Å²) >= 11 is 3.16. The molecule has 0 saturated carbocycles. The number of nitrogens with one attached hydrogen (secondary N) is 1. The molecule has 0 atom stereocenters. The predicted molar refractivity (Wildman–Crippen MR) is 122 cm³/mol. The molecule has 0 fully saturated rings. The minimum absolute atomic E-state index is 0.133. The molecule has 0 bridgehead atoms. The number of halogens is 1. The summed E-state index contributed by atoms with van der Waals surface area (Å²) in [6.45, 7) is 1.78. The molecule has 0 spiro atoms. The minimum Gasteiger partial charge on any atom is -0.358 e. The molecular formula is C22H19BrN6O3. The Bertz CT molecular complexity index is 1270. The van der Waals surface area contributed by atoms with Gasteiger partial charge in [-0.3, -0.25) is 4.79 Å². The topological polar surface area (TPSA) is 108 Å². The quantitative estimate of drug-likeness (QED) is 0.308. The highest BCUT2D eigenvalue weighted by Crippen LogP contribution is 2.27. The summed E-state index contributed by atoms with van der Waals surface area (Å²) in [7, 11) is 0. The molecule has 0 unspecified atom stereocenters. The molecule has 10 heteroatoms. The second-order valence-corrected chi connectivity index (χ2v) is 7.86. The zero-order valence-electron chi connectivity index (χ0n) is 17.1. The summed E-state index contributed by atoms with van der Waals surface area (Å²) in [4.78, 5) is 23.0. The Morgan fingerprint density at radius 1 is 1.09 bits per heavy atom. The van der Waals surface area contributed by atoms with Gasteiger partial charge < -0.3 is 15.4 Å². The van der Waals surface area contributed by atoms with Gasteiger partial charge in [-0.05, 0) is 39.9 Å². The van der Waals surface area contributed by atoms with E-state index in [-0.39, 0.29) is 29.3 Å². The monoisotopic (exact) mass is 494 g/mol. The lowest BCUT2D eigenvalue weighted by Crippen LogP contribution is -2.28. The number of amides is 1. The lowest BCUT2D eigenvalue weighted by molar-refractivity contribution is -0.390. The van der Waals surface area contributed by atoms with Crippen LogP contribution in [0.25, 0.3) is 16.9 Å². The molecule has 4 rings (SSSR count). The normalized spacial score (nSPS) is 10.8. The first-order valence-electron chi connectivity index (χ1n) is 9.77. The largest absolute Gasteiger partial charge is 0.404 e. The standard InChI is InChI=1S/C22H19BrN6O3/c1-15-20(23)22(29(31)32)26-27(15)14-19(30)24-12-17-13-28(18-10-6-3-7-11-18)25-21(17)16-8-4-2-5-9-16/h2-11,13H,12,14H2,1H3,(H,24,30). The number of carbonyl (C=O) groups excluding carboxylic acids is 1. The van der Waals surface area contributed by atoms with Gasteiger partial charge in [-0.15, -0.1) is 0 Å². The molecule has 2 heterocycles. The fourth-order valence-electron chi connectivity index (χ4n) is 3.26. The molecule has 0 saturated heterocycles. The number of nitro groups is 1. The summed E-state index contributed by atoms with van der Waals surface area (Å²) in [6, 6.07) is 19.4. The number of carbonyl (C=O) groups is 1. The summed E-state index contributed by atoms with van der Waals surface area (Å²) in [5.74, 6) is -0.629. The van der Waals surface area contributed by atoms with Crippen LogP contribution in [-0.2, 0) is 17.9 Å². The minimum atomic E-state index is -0.588. The van der Waals surface area contributed by atoms with Crippen LogP contribution in [0.4, 0.5) is 5.82 Å². The SMILES string of the molecule is Cc1c(Br)c([N+](=O)[O-])nn1CC(=O)NCc1cn(-c2ccccc2)nc1-c1ccccc1. The van der Waals surface area contributed by atoms with Gasteiger partial charge >= 0.3 is 5.82 Å². The van der Waals surface area contributed by atoms with Crippen molar-refractivity contribution in [2.24, 2.45) is 0 Å². The molecule has 32 heavy (non-hydrogen) atoms. The van der Waals surface area contributed by atoms with E-state index in [0.717, 1.165) is 22.5 Å². The van der Waals surface area contributed by atoms with E-state index in [4.69, 9.17) is 5.10 Å². The first-order chi connectivity index (χ1) is 15.4. The average molecular weight is 495 g/mol. The smallest absolute Gasteiger partial charge is 0.358 e. The molecule has 162 valence electrons. The molecule has 2 aromatic carbocycles. The summed E-state index contributed by atoms with van der Waals surface area (Å²) in [5.41, 5.74) is 3.97. The van der Waals surface area contributed by atoms with Crippen LogP contribution >= 0.6 is 15.9 Å². The summed E-state index contributed by atoms with van der Waals surface area (Å²) in [6.07, 6.45) is 1.89. The molecule has 1 amide bonds. The third-order valence-corrected chi connectivity index (χ3v) is 5.85. The Balaban J connectivity index is 1.55. The van der Waals surface area contributed by atoms with Gasteiger partial charge in [0, 0.05) is 23.9 Å². The van der Waals surface area contributed by atoms with Gasteiger partial charge in [-0.2, -0.15) is 9.78 Å². The van der Waals surface area contributed by atoms with E-state index >= 15 is 0 Å². The van der Waals surface area contributed by atoms with E-state index in [1.165, 1.54) is 4.68 Å². The zero-order valence-corrected chi connectivity index (χ0v) is 18.7. The third kappa shape index (κ3) is 4.45. The van der Waals surface area contributed by atoms with Gasteiger partial charge in [0.25, 0.3) is 0 Å². The van der Waals surface area contributed by atoms with Crippen LogP contribution in [0.2, 0.25) is 0 Å². The zero-order chi connectivity index (χ0) is 22.7. The Morgan fingerprint density at radius 3 is 2.38 bits per heavy atom. The molecule has 0 aliphatic heterocycles. The Morgan fingerprint density at radius 2 is 1.75 bits per heavy atom. The molecule has 0 aliphatic carbocycles. The number of rotatable bonds is 7. The van der Waals surface area contributed by atoms with E-state index in [9.17, 15) is 14.9 Å². The van der Waals surface area contributed by atoms with Crippen molar-refractivity contribution in [3.05, 3.63) is 92.7 Å². The van der Waals surface area contributed by atoms with E-state index in [2.05, 4.69) is 26.3 Å². The van der Waals surface area contributed by atoms with Gasteiger partial charge in [0.2, 0.25) is 5.91 Å². The van der Waals surface area contributed by atoms with Gasteiger partial charge in [0.15, 0.2) is 0 Å². The molecule has 9 nitrogen and oxygen atoms in total. The second kappa shape index (κ2) is 9.15. The average Bonchev–Trinajstić information content (AvgIpc) is 3.36.